The molecule has 2 atom stereocenters. The lowest BCUT2D eigenvalue weighted by Gasteiger charge is -2.10. The van der Waals surface area contributed by atoms with Crippen molar-refractivity contribution in [2.24, 2.45) is 0 Å². The lowest BCUT2D eigenvalue weighted by atomic mass is 9.99. The van der Waals surface area contributed by atoms with Gasteiger partial charge in [0.1, 0.15) is 11.6 Å². The Bertz CT molecular complexity index is 1350. The molecule has 178 valence electrons. The Kier molecular flexibility index (Phi) is 5.06. The standard InChI is InChI=1S/C27H28N6O2/c1-3-20(28-11-1)26-30-13-22(32-26)17-7-5-16(6-8-17)18-9-10-19(25-24(18)34-15-35-25)23-14-31-27(33-23)21-4-2-12-29-21/h5-10,13-14,20-21,28-29H,1-4,11-12,15H2,(H,30,32)(H,31,33)/t20-,21-/m0/s1. The lowest BCUT2D eigenvalue weighted by molar-refractivity contribution is 0.174. The van der Waals surface area contributed by atoms with Gasteiger partial charge in [0.2, 0.25) is 6.79 Å². The fraction of sp³-hybridized carbons (Fsp3) is 0.333. The van der Waals surface area contributed by atoms with Crippen LogP contribution < -0.4 is 20.1 Å². The van der Waals surface area contributed by atoms with Gasteiger partial charge in [0.05, 0.1) is 35.9 Å². The zero-order valence-electron chi connectivity index (χ0n) is 19.4. The fourth-order valence-corrected chi connectivity index (χ4v) is 5.41. The van der Waals surface area contributed by atoms with Gasteiger partial charge in [0, 0.05) is 11.1 Å². The van der Waals surface area contributed by atoms with E-state index >= 15 is 0 Å². The first-order chi connectivity index (χ1) is 17.3. The third-order valence-corrected chi connectivity index (χ3v) is 7.29. The highest BCUT2D eigenvalue weighted by Crippen LogP contribution is 2.47. The first-order valence-corrected chi connectivity index (χ1v) is 12.4. The van der Waals surface area contributed by atoms with Gasteiger partial charge in [0.25, 0.3) is 0 Å². The van der Waals surface area contributed by atoms with E-state index in [2.05, 4.69) is 67.0 Å². The van der Waals surface area contributed by atoms with Gasteiger partial charge in [-0.1, -0.05) is 24.3 Å². The number of aromatic nitrogens is 4. The van der Waals surface area contributed by atoms with Crippen molar-refractivity contribution in [2.75, 3.05) is 19.9 Å². The van der Waals surface area contributed by atoms with E-state index in [1.807, 2.05) is 12.4 Å². The average Bonchev–Trinajstić information content (AvgIpc) is 3.72. The Morgan fingerprint density at radius 1 is 0.657 bits per heavy atom. The SMILES string of the molecule is c1cc(-c2ccc(-c3cnc([C@@H]4CCCN4)[nH]3)c3c2OCO3)ccc1-c1cnc([C@@H]2CCCN2)[nH]1. The quantitative estimate of drug-likeness (QED) is 0.339. The number of fused-ring (bicyclic) bond motifs is 1. The van der Waals surface area contributed by atoms with E-state index in [9.17, 15) is 0 Å². The first kappa shape index (κ1) is 20.7. The second kappa shape index (κ2) is 8.55. The minimum Gasteiger partial charge on any atom is -0.453 e. The molecule has 4 N–H and O–H groups in total. The summed E-state index contributed by atoms with van der Waals surface area (Å²) in [5, 5.41) is 6.99. The van der Waals surface area contributed by atoms with Crippen LogP contribution in [0.15, 0.2) is 48.8 Å². The van der Waals surface area contributed by atoms with Crippen LogP contribution in [0.5, 0.6) is 11.5 Å². The third-order valence-electron chi connectivity index (χ3n) is 7.29. The largest absolute Gasteiger partial charge is 0.453 e. The van der Waals surface area contributed by atoms with Crippen molar-refractivity contribution < 1.29 is 9.47 Å². The topological polar surface area (TPSA) is 99.9 Å². The zero-order valence-corrected chi connectivity index (χ0v) is 19.4. The van der Waals surface area contributed by atoms with Gasteiger partial charge in [-0.15, -0.1) is 0 Å². The molecular weight excluding hydrogens is 440 g/mol. The molecule has 8 nitrogen and oxygen atoms in total. The van der Waals surface area contributed by atoms with Crippen molar-refractivity contribution >= 4 is 0 Å². The number of imidazole rings is 2. The van der Waals surface area contributed by atoms with Crippen molar-refractivity contribution in [1.29, 1.82) is 0 Å². The van der Waals surface area contributed by atoms with Crippen molar-refractivity contribution in [3.63, 3.8) is 0 Å². The molecule has 0 bridgehead atoms. The van der Waals surface area contributed by atoms with Crippen molar-refractivity contribution in [2.45, 2.75) is 37.8 Å². The summed E-state index contributed by atoms with van der Waals surface area (Å²) in [4.78, 5) is 16.2. The molecule has 3 aliphatic heterocycles. The highest BCUT2D eigenvalue weighted by molar-refractivity contribution is 5.83. The van der Waals surface area contributed by atoms with Gasteiger partial charge in [-0.3, -0.25) is 0 Å². The summed E-state index contributed by atoms with van der Waals surface area (Å²) < 4.78 is 11.9. The summed E-state index contributed by atoms with van der Waals surface area (Å²) in [7, 11) is 0. The van der Waals surface area contributed by atoms with Gasteiger partial charge < -0.3 is 30.1 Å². The maximum atomic E-state index is 5.94. The molecule has 4 aromatic rings. The fourth-order valence-electron chi connectivity index (χ4n) is 5.41. The van der Waals surface area contributed by atoms with Crippen LogP contribution in [-0.2, 0) is 0 Å². The van der Waals surface area contributed by atoms with E-state index in [1.54, 1.807) is 0 Å². The van der Waals surface area contributed by atoms with Crippen molar-refractivity contribution in [3.05, 3.63) is 60.4 Å². The summed E-state index contributed by atoms with van der Waals surface area (Å²) in [6.45, 7) is 2.32. The monoisotopic (exact) mass is 468 g/mol. The molecule has 0 saturated carbocycles. The summed E-state index contributed by atoms with van der Waals surface area (Å²) in [6, 6.07) is 13.3. The lowest BCUT2D eigenvalue weighted by Crippen LogP contribution is -2.14. The predicted molar refractivity (Wildman–Crippen MR) is 133 cm³/mol. The number of H-pyrrole nitrogens is 2. The minimum absolute atomic E-state index is 0.217. The molecule has 0 spiro atoms. The molecule has 0 unspecified atom stereocenters. The Morgan fingerprint density at radius 2 is 1.23 bits per heavy atom. The number of nitrogens with one attached hydrogen (secondary N) is 4. The molecule has 2 aromatic heterocycles. The number of benzene rings is 2. The number of nitrogens with zero attached hydrogens (tertiary/aromatic N) is 2. The van der Waals surface area contributed by atoms with Crippen LogP contribution in [0.25, 0.3) is 33.6 Å². The molecular formula is C27H28N6O2. The van der Waals surface area contributed by atoms with E-state index in [-0.39, 0.29) is 6.79 Å². The molecule has 2 aromatic carbocycles. The molecule has 0 aliphatic carbocycles. The summed E-state index contributed by atoms with van der Waals surface area (Å²) in [5.41, 5.74) is 6.17. The Balaban J connectivity index is 1.17. The van der Waals surface area contributed by atoms with Gasteiger partial charge in [-0.2, -0.15) is 0 Å². The molecule has 0 radical (unpaired) electrons. The number of rotatable bonds is 5. The van der Waals surface area contributed by atoms with Crippen LogP contribution in [0.2, 0.25) is 0 Å². The van der Waals surface area contributed by atoms with Crippen LogP contribution in [-0.4, -0.2) is 39.8 Å². The Labute approximate surface area is 203 Å². The van der Waals surface area contributed by atoms with E-state index < -0.39 is 0 Å². The van der Waals surface area contributed by atoms with E-state index in [0.29, 0.717) is 12.1 Å². The highest BCUT2D eigenvalue weighted by Gasteiger charge is 2.26. The normalized spacial score (nSPS) is 21.1. The molecule has 8 heteroatoms. The van der Waals surface area contributed by atoms with Crippen LogP contribution in [0.4, 0.5) is 0 Å². The molecule has 2 saturated heterocycles. The van der Waals surface area contributed by atoms with Crippen LogP contribution in [0, 0.1) is 0 Å². The van der Waals surface area contributed by atoms with Crippen molar-refractivity contribution in [3.8, 4) is 45.1 Å². The van der Waals surface area contributed by atoms with E-state index in [4.69, 9.17) is 9.47 Å². The summed E-state index contributed by atoms with van der Waals surface area (Å²) in [6.07, 6.45) is 8.43. The number of hydrogen-bond acceptors (Lipinski definition) is 6. The van der Waals surface area contributed by atoms with Gasteiger partial charge in [-0.25, -0.2) is 9.97 Å². The zero-order chi connectivity index (χ0) is 23.2. The van der Waals surface area contributed by atoms with Crippen LogP contribution >= 0.6 is 0 Å². The first-order valence-electron chi connectivity index (χ1n) is 12.4. The van der Waals surface area contributed by atoms with E-state index in [1.165, 1.54) is 12.8 Å². The molecule has 35 heavy (non-hydrogen) atoms. The van der Waals surface area contributed by atoms with E-state index in [0.717, 1.165) is 82.7 Å². The van der Waals surface area contributed by atoms with Gasteiger partial charge in [0.15, 0.2) is 11.5 Å². The number of hydrogen-bond donors (Lipinski definition) is 4. The van der Waals surface area contributed by atoms with Gasteiger partial charge in [-0.05, 0) is 62.0 Å². The minimum atomic E-state index is 0.217. The predicted octanol–water partition coefficient (Wildman–Crippen LogP) is 4.71. The molecule has 7 rings (SSSR count). The van der Waals surface area contributed by atoms with Crippen LogP contribution in [0.1, 0.15) is 49.4 Å². The van der Waals surface area contributed by atoms with Crippen molar-refractivity contribution in [1.82, 2.24) is 30.6 Å². The Hall–Kier alpha value is -3.62. The number of ether oxygens (including phenoxy) is 2. The average molecular weight is 469 g/mol. The third kappa shape index (κ3) is 3.69. The second-order valence-electron chi connectivity index (χ2n) is 9.46. The molecule has 3 aliphatic rings. The molecule has 5 heterocycles. The molecule has 2 fully saturated rings. The number of aromatic amines is 2. The Morgan fingerprint density at radius 3 is 1.89 bits per heavy atom. The van der Waals surface area contributed by atoms with Gasteiger partial charge >= 0.3 is 0 Å². The summed E-state index contributed by atoms with van der Waals surface area (Å²) >= 11 is 0. The highest BCUT2D eigenvalue weighted by atomic mass is 16.7. The maximum Gasteiger partial charge on any atom is 0.231 e. The maximum absolute atomic E-state index is 5.94. The van der Waals surface area contributed by atoms with Crippen LogP contribution in [0.3, 0.4) is 0 Å². The summed E-state index contributed by atoms with van der Waals surface area (Å²) in [5.74, 6) is 3.55. The molecule has 0 amide bonds. The smallest absolute Gasteiger partial charge is 0.231 e. The second-order valence-corrected chi connectivity index (χ2v) is 9.46.